The first-order chi connectivity index (χ1) is 8.13. The van der Waals surface area contributed by atoms with Crippen LogP contribution in [0.25, 0.3) is 0 Å². The summed E-state index contributed by atoms with van der Waals surface area (Å²) in [4.78, 5) is 21.6. The molecule has 0 atom stereocenters. The average molecular weight is 239 g/mol. The molecule has 17 heavy (non-hydrogen) atoms. The molecule has 1 aromatic carbocycles. The molecule has 0 N–H and O–H groups in total. The number of nitro groups is 1. The third kappa shape index (κ3) is 1.99. The molecular weight excluding hydrogens is 230 g/mol. The van der Waals surface area contributed by atoms with Gasteiger partial charge in [-0.25, -0.2) is 4.79 Å². The number of nitrogens with zero attached hydrogens (tertiary/aromatic N) is 1. The maximum Gasteiger partial charge on any atom is 0.342 e. The van der Waals surface area contributed by atoms with Gasteiger partial charge in [0.05, 0.1) is 18.1 Å². The van der Waals surface area contributed by atoms with E-state index in [4.69, 9.17) is 9.47 Å². The molecule has 1 aliphatic rings. The highest BCUT2D eigenvalue weighted by Gasteiger charge is 2.26. The predicted molar refractivity (Wildman–Crippen MR) is 55.4 cm³/mol. The lowest BCUT2D eigenvalue weighted by molar-refractivity contribution is -0.385. The van der Waals surface area contributed by atoms with E-state index < -0.39 is 10.9 Å². The van der Waals surface area contributed by atoms with Crippen molar-refractivity contribution < 1.29 is 23.9 Å². The van der Waals surface area contributed by atoms with Gasteiger partial charge in [0, 0.05) is 6.07 Å². The van der Waals surface area contributed by atoms with E-state index in [1.54, 1.807) is 0 Å². The fraction of sp³-hybridized carbons (Fsp3) is 0.300. The standard InChI is InChI=1S/C10H9NO6/c1-15-10(12)7-4-6(11(13)14)5-8-9(7)17-3-2-16-8/h4-5H,2-3H2,1H3. The van der Waals surface area contributed by atoms with Gasteiger partial charge >= 0.3 is 5.97 Å². The lowest BCUT2D eigenvalue weighted by Gasteiger charge is -2.19. The maximum atomic E-state index is 11.5. The fourth-order valence-corrected chi connectivity index (χ4v) is 1.51. The number of methoxy groups -OCH3 is 1. The van der Waals surface area contributed by atoms with Crippen LogP contribution in [0.3, 0.4) is 0 Å². The van der Waals surface area contributed by atoms with E-state index in [9.17, 15) is 14.9 Å². The Morgan fingerprint density at radius 1 is 1.41 bits per heavy atom. The third-order valence-electron chi connectivity index (χ3n) is 2.24. The Morgan fingerprint density at radius 2 is 2.12 bits per heavy atom. The van der Waals surface area contributed by atoms with Gasteiger partial charge in [-0.1, -0.05) is 0 Å². The van der Waals surface area contributed by atoms with E-state index in [1.807, 2.05) is 0 Å². The molecule has 1 aromatic rings. The zero-order valence-corrected chi connectivity index (χ0v) is 8.97. The molecule has 0 unspecified atom stereocenters. The normalized spacial score (nSPS) is 13.0. The van der Waals surface area contributed by atoms with Crippen LogP contribution in [0.5, 0.6) is 11.5 Å². The van der Waals surface area contributed by atoms with Crippen molar-refractivity contribution in [3.05, 3.63) is 27.8 Å². The number of hydrogen-bond acceptors (Lipinski definition) is 6. The molecule has 0 saturated heterocycles. The van der Waals surface area contributed by atoms with Crippen LogP contribution in [-0.2, 0) is 4.74 Å². The lowest BCUT2D eigenvalue weighted by atomic mass is 10.1. The van der Waals surface area contributed by atoms with Crippen LogP contribution in [0.4, 0.5) is 5.69 Å². The maximum absolute atomic E-state index is 11.5. The van der Waals surface area contributed by atoms with Crippen LogP contribution in [0.2, 0.25) is 0 Å². The van der Waals surface area contributed by atoms with E-state index in [-0.39, 0.29) is 36.0 Å². The van der Waals surface area contributed by atoms with Crippen LogP contribution in [0.1, 0.15) is 10.4 Å². The molecule has 1 heterocycles. The van der Waals surface area contributed by atoms with Crippen molar-refractivity contribution in [2.45, 2.75) is 0 Å². The minimum atomic E-state index is -0.699. The number of esters is 1. The van der Waals surface area contributed by atoms with Crippen molar-refractivity contribution in [1.82, 2.24) is 0 Å². The Kier molecular flexibility index (Phi) is 2.82. The topological polar surface area (TPSA) is 87.9 Å². The number of non-ortho nitro benzene ring substituents is 1. The van der Waals surface area contributed by atoms with Gasteiger partial charge in [-0.15, -0.1) is 0 Å². The number of nitro benzene ring substituents is 1. The summed E-state index contributed by atoms with van der Waals surface area (Å²) in [6.07, 6.45) is 0. The molecule has 7 heteroatoms. The molecule has 90 valence electrons. The van der Waals surface area contributed by atoms with Crippen molar-refractivity contribution in [2.24, 2.45) is 0 Å². The van der Waals surface area contributed by atoms with Gasteiger partial charge in [0.25, 0.3) is 5.69 Å². The van der Waals surface area contributed by atoms with Gasteiger partial charge in [0.2, 0.25) is 0 Å². The molecule has 7 nitrogen and oxygen atoms in total. The molecule has 1 aliphatic heterocycles. The van der Waals surface area contributed by atoms with E-state index in [2.05, 4.69) is 4.74 Å². The lowest BCUT2D eigenvalue weighted by Crippen LogP contribution is -2.18. The average Bonchev–Trinajstić information content (AvgIpc) is 2.36. The summed E-state index contributed by atoms with van der Waals surface area (Å²) < 4.78 is 15.0. The number of carbonyl (C=O) groups is 1. The summed E-state index contributed by atoms with van der Waals surface area (Å²) in [6, 6.07) is 2.33. The molecule has 0 spiro atoms. The van der Waals surface area contributed by atoms with Gasteiger partial charge < -0.3 is 14.2 Å². The van der Waals surface area contributed by atoms with Gasteiger partial charge in [0.15, 0.2) is 11.5 Å². The molecular formula is C10H9NO6. The second kappa shape index (κ2) is 4.28. The van der Waals surface area contributed by atoms with Crippen molar-refractivity contribution in [3.8, 4) is 11.5 Å². The SMILES string of the molecule is COC(=O)c1cc([N+](=O)[O-])cc2c1OCCO2. The van der Waals surface area contributed by atoms with Crippen LogP contribution in [0.15, 0.2) is 12.1 Å². The molecule has 0 aliphatic carbocycles. The number of carbonyl (C=O) groups excluding carboxylic acids is 1. The number of benzene rings is 1. The van der Waals surface area contributed by atoms with Crippen LogP contribution >= 0.6 is 0 Å². The van der Waals surface area contributed by atoms with Crippen LogP contribution in [-0.4, -0.2) is 31.2 Å². The zero-order valence-electron chi connectivity index (χ0n) is 8.97. The Labute approximate surface area is 96.0 Å². The summed E-state index contributed by atoms with van der Waals surface area (Å²) in [5, 5.41) is 10.7. The molecule has 0 fully saturated rings. The van der Waals surface area contributed by atoms with Crippen LogP contribution in [0, 0.1) is 10.1 Å². The fourth-order valence-electron chi connectivity index (χ4n) is 1.51. The summed E-state index contributed by atoms with van der Waals surface area (Å²) >= 11 is 0. The number of fused-ring (bicyclic) bond motifs is 1. The number of rotatable bonds is 2. The van der Waals surface area contributed by atoms with Crippen molar-refractivity contribution in [3.63, 3.8) is 0 Å². The van der Waals surface area contributed by atoms with Gasteiger partial charge in [-0.2, -0.15) is 0 Å². The highest BCUT2D eigenvalue weighted by Crippen LogP contribution is 2.37. The molecule has 2 rings (SSSR count). The molecule has 0 aromatic heterocycles. The minimum Gasteiger partial charge on any atom is -0.486 e. The van der Waals surface area contributed by atoms with E-state index >= 15 is 0 Å². The van der Waals surface area contributed by atoms with Crippen molar-refractivity contribution in [1.29, 1.82) is 0 Å². The molecule has 0 radical (unpaired) electrons. The quantitative estimate of drug-likeness (QED) is 0.437. The Hall–Kier alpha value is -2.31. The van der Waals surface area contributed by atoms with Gasteiger partial charge in [-0.3, -0.25) is 10.1 Å². The monoisotopic (exact) mass is 239 g/mol. The zero-order chi connectivity index (χ0) is 12.4. The van der Waals surface area contributed by atoms with Gasteiger partial charge in [0.1, 0.15) is 18.8 Å². The third-order valence-corrected chi connectivity index (χ3v) is 2.24. The Balaban J connectivity index is 2.58. The first-order valence-corrected chi connectivity index (χ1v) is 4.80. The van der Waals surface area contributed by atoms with Crippen LogP contribution < -0.4 is 9.47 Å². The highest BCUT2D eigenvalue weighted by molar-refractivity contribution is 5.94. The van der Waals surface area contributed by atoms with E-state index in [0.717, 1.165) is 6.07 Å². The Morgan fingerprint density at radius 3 is 2.76 bits per heavy atom. The summed E-state index contributed by atoms with van der Waals surface area (Å²) in [6.45, 7) is 0.573. The number of ether oxygens (including phenoxy) is 3. The highest BCUT2D eigenvalue weighted by atomic mass is 16.6. The second-order valence-electron chi connectivity index (χ2n) is 3.27. The first kappa shape index (κ1) is 11.2. The summed E-state index contributed by atoms with van der Waals surface area (Å²) in [5.74, 6) is -0.324. The minimum absolute atomic E-state index is 0.00333. The van der Waals surface area contributed by atoms with Gasteiger partial charge in [-0.05, 0) is 0 Å². The first-order valence-electron chi connectivity index (χ1n) is 4.80. The van der Waals surface area contributed by atoms with Crippen molar-refractivity contribution >= 4 is 11.7 Å². The second-order valence-corrected chi connectivity index (χ2v) is 3.27. The van der Waals surface area contributed by atoms with Crippen molar-refractivity contribution in [2.75, 3.05) is 20.3 Å². The summed E-state index contributed by atoms with van der Waals surface area (Å²) in [7, 11) is 1.19. The Bertz CT molecular complexity index is 484. The smallest absolute Gasteiger partial charge is 0.342 e. The largest absolute Gasteiger partial charge is 0.486 e. The number of hydrogen-bond donors (Lipinski definition) is 0. The van der Waals surface area contributed by atoms with E-state index in [0.29, 0.717) is 0 Å². The summed E-state index contributed by atoms with van der Waals surface area (Å²) in [5.41, 5.74) is -0.244. The molecule has 0 saturated carbocycles. The molecule has 0 amide bonds. The molecule has 0 bridgehead atoms. The predicted octanol–water partition coefficient (Wildman–Crippen LogP) is 1.15. The van der Waals surface area contributed by atoms with E-state index in [1.165, 1.54) is 13.2 Å².